The molecular formula is C14H20N6O2S. The van der Waals surface area contributed by atoms with Crippen LogP contribution in [0.2, 0.25) is 0 Å². The molecule has 0 unspecified atom stereocenters. The van der Waals surface area contributed by atoms with Gasteiger partial charge in [0.05, 0.1) is 5.75 Å². The number of anilines is 1. The Bertz CT molecular complexity index is 755. The predicted molar refractivity (Wildman–Crippen MR) is 87.4 cm³/mol. The Morgan fingerprint density at radius 1 is 1.04 bits per heavy atom. The summed E-state index contributed by atoms with van der Waals surface area (Å²) in [6.45, 7) is 0.255. The predicted octanol–water partition coefficient (Wildman–Crippen LogP) is 1.08. The smallest absolute Gasteiger partial charge is 0.213 e. The Labute approximate surface area is 135 Å². The van der Waals surface area contributed by atoms with Crippen LogP contribution in [0.3, 0.4) is 0 Å². The van der Waals surface area contributed by atoms with Gasteiger partial charge in [-0.1, -0.05) is 19.3 Å². The zero-order valence-electron chi connectivity index (χ0n) is 12.8. The molecule has 0 aromatic carbocycles. The van der Waals surface area contributed by atoms with Gasteiger partial charge in [0.1, 0.15) is 11.8 Å². The van der Waals surface area contributed by atoms with Crippen molar-refractivity contribution in [2.75, 3.05) is 17.6 Å². The van der Waals surface area contributed by atoms with Gasteiger partial charge in [-0.05, 0) is 12.8 Å². The second-order valence-corrected chi connectivity index (χ2v) is 7.52. The second kappa shape index (κ2) is 7.14. The van der Waals surface area contributed by atoms with Crippen molar-refractivity contribution in [2.24, 2.45) is 0 Å². The molecule has 8 nitrogen and oxygen atoms in total. The number of nitrogens with zero attached hydrogens (tertiary/aromatic N) is 4. The Hall–Kier alpha value is -1.87. The molecule has 0 saturated heterocycles. The molecule has 0 atom stereocenters. The summed E-state index contributed by atoms with van der Waals surface area (Å²) in [7, 11) is -3.30. The van der Waals surface area contributed by atoms with E-state index in [0.29, 0.717) is 17.0 Å². The SMILES string of the molecule is O=S(=O)(CCNc1ncnc2nccnc12)NC1CCCCC1. The van der Waals surface area contributed by atoms with E-state index >= 15 is 0 Å². The Morgan fingerprint density at radius 3 is 2.65 bits per heavy atom. The van der Waals surface area contributed by atoms with Crippen LogP contribution in [0, 0.1) is 0 Å². The molecule has 0 radical (unpaired) electrons. The van der Waals surface area contributed by atoms with Gasteiger partial charge in [0.15, 0.2) is 11.5 Å². The van der Waals surface area contributed by atoms with Crippen LogP contribution in [0.1, 0.15) is 32.1 Å². The second-order valence-electron chi connectivity index (χ2n) is 5.65. The van der Waals surface area contributed by atoms with Gasteiger partial charge in [-0.15, -0.1) is 0 Å². The summed E-state index contributed by atoms with van der Waals surface area (Å²) >= 11 is 0. The van der Waals surface area contributed by atoms with Crippen LogP contribution in [0.5, 0.6) is 0 Å². The molecule has 0 amide bonds. The fourth-order valence-corrected chi connectivity index (χ4v) is 3.99. The zero-order valence-corrected chi connectivity index (χ0v) is 13.6. The molecule has 0 aliphatic heterocycles. The van der Waals surface area contributed by atoms with E-state index in [2.05, 4.69) is 30.0 Å². The van der Waals surface area contributed by atoms with E-state index in [0.717, 1.165) is 25.7 Å². The van der Waals surface area contributed by atoms with Crippen LogP contribution in [-0.2, 0) is 10.0 Å². The highest BCUT2D eigenvalue weighted by molar-refractivity contribution is 7.89. The van der Waals surface area contributed by atoms with Gasteiger partial charge in [0.2, 0.25) is 10.0 Å². The number of hydrogen-bond acceptors (Lipinski definition) is 7. The number of nitrogens with one attached hydrogen (secondary N) is 2. The molecule has 124 valence electrons. The van der Waals surface area contributed by atoms with E-state index in [9.17, 15) is 8.42 Å². The van der Waals surface area contributed by atoms with Gasteiger partial charge in [0, 0.05) is 25.0 Å². The first-order valence-corrected chi connectivity index (χ1v) is 9.45. The lowest BCUT2D eigenvalue weighted by atomic mass is 9.96. The Morgan fingerprint density at radius 2 is 1.83 bits per heavy atom. The first-order chi connectivity index (χ1) is 11.1. The first kappa shape index (κ1) is 16.0. The van der Waals surface area contributed by atoms with E-state index in [1.807, 2.05) is 0 Å². The molecule has 9 heteroatoms. The van der Waals surface area contributed by atoms with Crippen LogP contribution >= 0.6 is 0 Å². The average Bonchev–Trinajstić information content (AvgIpc) is 2.55. The van der Waals surface area contributed by atoms with Gasteiger partial charge in [-0.25, -0.2) is 33.1 Å². The molecule has 2 aromatic heterocycles. The maximum atomic E-state index is 12.1. The lowest BCUT2D eigenvalue weighted by Gasteiger charge is -2.22. The highest BCUT2D eigenvalue weighted by atomic mass is 32.2. The maximum absolute atomic E-state index is 12.1. The van der Waals surface area contributed by atoms with E-state index in [1.165, 1.54) is 12.7 Å². The average molecular weight is 336 g/mol. The molecule has 1 saturated carbocycles. The number of hydrogen-bond donors (Lipinski definition) is 2. The molecule has 2 heterocycles. The van der Waals surface area contributed by atoms with Crippen LogP contribution in [-0.4, -0.2) is 46.7 Å². The number of sulfonamides is 1. The van der Waals surface area contributed by atoms with Crippen molar-refractivity contribution in [1.29, 1.82) is 0 Å². The van der Waals surface area contributed by atoms with Crippen LogP contribution in [0.25, 0.3) is 11.2 Å². The molecule has 0 bridgehead atoms. The fourth-order valence-electron chi connectivity index (χ4n) is 2.76. The molecular weight excluding hydrogens is 316 g/mol. The molecule has 2 aromatic rings. The molecule has 1 aliphatic rings. The van der Waals surface area contributed by atoms with E-state index in [4.69, 9.17) is 0 Å². The third-order valence-corrected chi connectivity index (χ3v) is 5.32. The number of fused-ring (bicyclic) bond motifs is 1. The summed E-state index contributed by atoms with van der Waals surface area (Å²) in [6, 6.07) is 0.0829. The highest BCUT2D eigenvalue weighted by Crippen LogP contribution is 2.18. The van der Waals surface area contributed by atoms with Crippen molar-refractivity contribution in [1.82, 2.24) is 24.7 Å². The van der Waals surface area contributed by atoms with E-state index in [1.54, 1.807) is 12.4 Å². The summed E-state index contributed by atoms with van der Waals surface area (Å²) in [6.07, 6.45) is 9.73. The van der Waals surface area contributed by atoms with Gasteiger partial charge in [-0.3, -0.25) is 0 Å². The summed E-state index contributed by atoms with van der Waals surface area (Å²) in [5.74, 6) is 0.492. The number of rotatable bonds is 6. The van der Waals surface area contributed by atoms with E-state index < -0.39 is 10.0 Å². The van der Waals surface area contributed by atoms with Crippen molar-refractivity contribution < 1.29 is 8.42 Å². The van der Waals surface area contributed by atoms with Crippen LogP contribution < -0.4 is 10.0 Å². The van der Waals surface area contributed by atoms with Crippen LogP contribution in [0.4, 0.5) is 5.82 Å². The topological polar surface area (TPSA) is 110 Å². The van der Waals surface area contributed by atoms with Crippen LogP contribution in [0.15, 0.2) is 18.7 Å². The molecule has 23 heavy (non-hydrogen) atoms. The minimum absolute atomic E-state index is 0.00470. The summed E-state index contributed by atoms with van der Waals surface area (Å²) in [5.41, 5.74) is 1.01. The van der Waals surface area contributed by atoms with E-state index in [-0.39, 0.29) is 18.3 Å². The van der Waals surface area contributed by atoms with Gasteiger partial charge in [-0.2, -0.15) is 0 Å². The lowest BCUT2D eigenvalue weighted by Crippen LogP contribution is -2.38. The summed E-state index contributed by atoms with van der Waals surface area (Å²) < 4.78 is 27.1. The molecule has 0 spiro atoms. The van der Waals surface area contributed by atoms with Crippen molar-refractivity contribution in [2.45, 2.75) is 38.1 Å². The lowest BCUT2D eigenvalue weighted by molar-refractivity contribution is 0.412. The van der Waals surface area contributed by atoms with Crippen molar-refractivity contribution in [3.8, 4) is 0 Å². The quantitative estimate of drug-likeness (QED) is 0.812. The maximum Gasteiger partial charge on any atom is 0.213 e. The fraction of sp³-hybridized carbons (Fsp3) is 0.571. The van der Waals surface area contributed by atoms with Crippen molar-refractivity contribution in [3.05, 3.63) is 18.7 Å². The Balaban J connectivity index is 1.57. The molecule has 1 aliphatic carbocycles. The minimum atomic E-state index is -3.30. The standard InChI is InChI=1S/C14H20N6O2S/c21-23(22,20-11-4-2-1-3-5-11)9-8-17-14-12-13(18-10-19-14)16-7-6-15-12/h6-7,10-11,20H,1-5,8-9H2,(H,16,17,18,19). The molecule has 1 fully saturated rings. The van der Waals surface area contributed by atoms with Gasteiger partial charge < -0.3 is 5.32 Å². The van der Waals surface area contributed by atoms with Gasteiger partial charge >= 0.3 is 0 Å². The zero-order chi connectivity index (χ0) is 16.1. The Kier molecular flexibility index (Phi) is 4.97. The van der Waals surface area contributed by atoms with Crippen molar-refractivity contribution >= 4 is 27.0 Å². The summed E-state index contributed by atoms with van der Waals surface area (Å²) in [4.78, 5) is 16.4. The van der Waals surface area contributed by atoms with Gasteiger partial charge in [0.25, 0.3) is 0 Å². The molecule has 2 N–H and O–H groups in total. The monoisotopic (exact) mass is 336 g/mol. The number of aromatic nitrogens is 4. The molecule has 3 rings (SSSR count). The largest absolute Gasteiger partial charge is 0.367 e. The third-order valence-electron chi connectivity index (χ3n) is 3.88. The third kappa shape index (κ3) is 4.32. The first-order valence-electron chi connectivity index (χ1n) is 7.80. The summed E-state index contributed by atoms with van der Waals surface area (Å²) in [5, 5.41) is 3.01. The highest BCUT2D eigenvalue weighted by Gasteiger charge is 2.19. The minimum Gasteiger partial charge on any atom is -0.367 e. The van der Waals surface area contributed by atoms with Crippen molar-refractivity contribution in [3.63, 3.8) is 0 Å². The normalized spacial score (nSPS) is 16.5.